The second-order valence-corrected chi connectivity index (χ2v) is 7.17. The number of nitrogens with one attached hydrogen (secondary N) is 1. The fraction of sp³-hybridized carbons (Fsp3) is 0.435. The van der Waals surface area contributed by atoms with Crippen molar-refractivity contribution in [2.75, 3.05) is 45.9 Å². The third-order valence-corrected chi connectivity index (χ3v) is 4.91. The number of nitrogens with zero attached hydrogens (tertiary/aromatic N) is 2. The van der Waals surface area contributed by atoms with E-state index in [-0.39, 0.29) is 0 Å². The Labute approximate surface area is 173 Å². The zero-order chi connectivity index (χ0) is 20.2. The smallest absolute Gasteiger partial charge is 0.188 e. The first kappa shape index (κ1) is 21.1. The monoisotopic (exact) mass is 396 g/mol. The van der Waals surface area contributed by atoms with E-state index >= 15 is 0 Å². The van der Waals surface area contributed by atoms with Crippen LogP contribution in [0.4, 0.5) is 0 Å². The molecule has 2 aromatic rings. The van der Waals surface area contributed by atoms with Gasteiger partial charge < -0.3 is 20.5 Å². The highest BCUT2D eigenvalue weighted by atomic mass is 16.5. The maximum atomic E-state index is 5.96. The van der Waals surface area contributed by atoms with E-state index in [4.69, 9.17) is 15.2 Å². The molecule has 6 heteroatoms. The summed E-state index contributed by atoms with van der Waals surface area (Å²) in [6, 6.07) is 18.4. The minimum absolute atomic E-state index is 0.523. The van der Waals surface area contributed by atoms with Gasteiger partial charge in [0, 0.05) is 32.7 Å². The van der Waals surface area contributed by atoms with E-state index in [0.29, 0.717) is 12.6 Å². The average molecular weight is 397 g/mol. The summed E-state index contributed by atoms with van der Waals surface area (Å²) >= 11 is 0. The molecule has 0 aliphatic carbocycles. The van der Waals surface area contributed by atoms with Crippen LogP contribution < -0.4 is 15.8 Å². The predicted molar refractivity (Wildman–Crippen MR) is 117 cm³/mol. The van der Waals surface area contributed by atoms with Crippen molar-refractivity contribution in [2.45, 2.75) is 19.4 Å². The Balaban J connectivity index is 1.29. The SMILES string of the molecule is NC(=NCCCN1CCOCC1)NCCc1ccc(OCc2ccccc2)cc1. The van der Waals surface area contributed by atoms with Crippen LogP contribution in [0.3, 0.4) is 0 Å². The van der Waals surface area contributed by atoms with Crippen molar-refractivity contribution in [2.24, 2.45) is 10.7 Å². The highest BCUT2D eigenvalue weighted by Gasteiger charge is 2.08. The number of benzene rings is 2. The summed E-state index contributed by atoms with van der Waals surface area (Å²) in [6.45, 7) is 6.88. The van der Waals surface area contributed by atoms with Crippen LogP contribution in [0.2, 0.25) is 0 Å². The van der Waals surface area contributed by atoms with Crippen LogP contribution in [-0.2, 0) is 17.8 Å². The van der Waals surface area contributed by atoms with Gasteiger partial charge in [-0.05, 0) is 36.1 Å². The molecule has 29 heavy (non-hydrogen) atoms. The lowest BCUT2D eigenvalue weighted by Gasteiger charge is -2.26. The molecule has 0 saturated carbocycles. The Kier molecular flexibility index (Phi) is 8.82. The van der Waals surface area contributed by atoms with Crippen LogP contribution in [0.25, 0.3) is 0 Å². The van der Waals surface area contributed by atoms with E-state index in [1.807, 2.05) is 30.3 Å². The minimum atomic E-state index is 0.523. The number of rotatable bonds is 10. The highest BCUT2D eigenvalue weighted by molar-refractivity contribution is 5.77. The highest BCUT2D eigenvalue weighted by Crippen LogP contribution is 2.14. The molecule has 0 unspecified atom stereocenters. The molecule has 0 bridgehead atoms. The van der Waals surface area contributed by atoms with Crippen LogP contribution in [0.15, 0.2) is 59.6 Å². The van der Waals surface area contributed by atoms with Crippen molar-refractivity contribution in [1.29, 1.82) is 0 Å². The van der Waals surface area contributed by atoms with E-state index < -0.39 is 0 Å². The summed E-state index contributed by atoms with van der Waals surface area (Å²) < 4.78 is 11.2. The summed E-state index contributed by atoms with van der Waals surface area (Å²) in [4.78, 5) is 6.82. The first-order valence-electron chi connectivity index (χ1n) is 10.4. The fourth-order valence-corrected chi connectivity index (χ4v) is 3.20. The van der Waals surface area contributed by atoms with Crippen LogP contribution in [0, 0.1) is 0 Å². The van der Waals surface area contributed by atoms with Gasteiger partial charge in [0.1, 0.15) is 12.4 Å². The number of ether oxygens (including phenoxy) is 2. The molecule has 1 aliphatic rings. The second-order valence-electron chi connectivity index (χ2n) is 7.17. The van der Waals surface area contributed by atoms with Gasteiger partial charge in [0.25, 0.3) is 0 Å². The third-order valence-electron chi connectivity index (χ3n) is 4.91. The lowest BCUT2D eigenvalue weighted by atomic mass is 10.1. The molecule has 3 rings (SSSR count). The number of morpholine rings is 1. The Morgan fingerprint density at radius 2 is 1.79 bits per heavy atom. The molecule has 6 nitrogen and oxygen atoms in total. The molecule has 156 valence electrons. The molecule has 3 N–H and O–H groups in total. The number of nitrogens with two attached hydrogens (primary N) is 1. The standard InChI is InChI=1S/C23H32N4O2/c24-23(25-12-4-14-27-15-17-28-18-16-27)26-13-11-20-7-9-22(10-8-20)29-19-21-5-2-1-3-6-21/h1-3,5-10H,4,11-19H2,(H3,24,25,26). The molecule has 0 spiro atoms. The summed E-state index contributed by atoms with van der Waals surface area (Å²) in [6.07, 6.45) is 1.91. The van der Waals surface area contributed by atoms with Gasteiger partial charge in [0.15, 0.2) is 5.96 Å². The van der Waals surface area contributed by atoms with Crippen molar-refractivity contribution >= 4 is 5.96 Å². The number of hydrogen-bond acceptors (Lipinski definition) is 4. The normalized spacial score (nSPS) is 15.2. The quantitative estimate of drug-likeness (QED) is 0.367. The van der Waals surface area contributed by atoms with Crippen molar-refractivity contribution in [1.82, 2.24) is 10.2 Å². The molecular weight excluding hydrogens is 364 g/mol. The molecule has 0 atom stereocenters. The average Bonchev–Trinajstić information content (AvgIpc) is 2.78. The fourth-order valence-electron chi connectivity index (χ4n) is 3.20. The maximum Gasteiger partial charge on any atom is 0.188 e. The predicted octanol–water partition coefficient (Wildman–Crippen LogP) is 2.43. The summed E-state index contributed by atoms with van der Waals surface area (Å²) in [5.41, 5.74) is 8.37. The van der Waals surface area contributed by atoms with Crippen LogP contribution in [0.1, 0.15) is 17.5 Å². The third kappa shape index (κ3) is 8.13. The number of guanidine groups is 1. The Morgan fingerprint density at radius 3 is 2.55 bits per heavy atom. The van der Waals surface area contributed by atoms with Crippen LogP contribution >= 0.6 is 0 Å². The first-order chi connectivity index (χ1) is 14.3. The zero-order valence-electron chi connectivity index (χ0n) is 17.1. The Morgan fingerprint density at radius 1 is 1.03 bits per heavy atom. The molecule has 1 fully saturated rings. The van der Waals surface area contributed by atoms with Gasteiger partial charge in [-0.3, -0.25) is 9.89 Å². The molecule has 0 amide bonds. The van der Waals surface area contributed by atoms with E-state index in [1.54, 1.807) is 0 Å². The molecule has 0 aromatic heterocycles. The molecule has 0 radical (unpaired) electrons. The van der Waals surface area contributed by atoms with E-state index in [9.17, 15) is 0 Å². The topological polar surface area (TPSA) is 72.1 Å². The van der Waals surface area contributed by atoms with Crippen molar-refractivity contribution in [3.8, 4) is 5.75 Å². The van der Waals surface area contributed by atoms with Gasteiger partial charge in [0.05, 0.1) is 13.2 Å². The lowest BCUT2D eigenvalue weighted by molar-refractivity contribution is 0.0377. The van der Waals surface area contributed by atoms with Crippen molar-refractivity contribution in [3.05, 3.63) is 65.7 Å². The van der Waals surface area contributed by atoms with Gasteiger partial charge in [-0.25, -0.2) is 0 Å². The van der Waals surface area contributed by atoms with E-state index in [1.165, 1.54) is 11.1 Å². The van der Waals surface area contributed by atoms with Crippen LogP contribution in [-0.4, -0.2) is 56.8 Å². The second kappa shape index (κ2) is 12.1. The number of hydrogen-bond donors (Lipinski definition) is 2. The Hall–Kier alpha value is -2.57. The summed E-state index contributed by atoms with van der Waals surface area (Å²) in [5, 5.41) is 3.19. The van der Waals surface area contributed by atoms with Gasteiger partial charge in [-0.15, -0.1) is 0 Å². The number of aliphatic imine (C=N–C) groups is 1. The van der Waals surface area contributed by atoms with E-state index in [2.05, 4.69) is 39.5 Å². The van der Waals surface area contributed by atoms with Crippen molar-refractivity contribution in [3.63, 3.8) is 0 Å². The molecule has 1 aliphatic heterocycles. The maximum absolute atomic E-state index is 5.96. The van der Waals surface area contributed by atoms with Gasteiger partial charge in [0.2, 0.25) is 0 Å². The molecule has 1 heterocycles. The molecule has 1 saturated heterocycles. The minimum Gasteiger partial charge on any atom is -0.489 e. The van der Waals surface area contributed by atoms with E-state index in [0.717, 1.165) is 64.5 Å². The Bertz CT molecular complexity index is 728. The molecule has 2 aromatic carbocycles. The lowest BCUT2D eigenvalue weighted by Crippen LogP contribution is -2.37. The first-order valence-corrected chi connectivity index (χ1v) is 10.4. The van der Waals surface area contributed by atoms with Gasteiger partial charge in [-0.2, -0.15) is 0 Å². The zero-order valence-corrected chi connectivity index (χ0v) is 17.1. The summed E-state index contributed by atoms with van der Waals surface area (Å²) in [7, 11) is 0. The van der Waals surface area contributed by atoms with Gasteiger partial charge in [-0.1, -0.05) is 42.5 Å². The molecular formula is C23H32N4O2. The van der Waals surface area contributed by atoms with Gasteiger partial charge >= 0.3 is 0 Å². The van der Waals surface area contributed by atoms with Crippen LogP contribution in [0.5, 0.6) is 5.75 Å². The summed E-state index contributed by atoms with van der Waals surface area (Å²) in [5.74, 6) is 1.40. The van der Waals surface area contributed by atoms with Crippen molar-refractivity contribution < 1.29 is 9.47 Å². The largest absolute Gasteiger partial charge is 0.489 e.